The molecule has 3 aromatic rings. The van der Waals surface area contributed by atoms with E-state index in [1.807, 2.05) is 48.7 Å². The van der Waals surface area contributed by atoms with E-state index in [2.05, 4.69) is 17.8 Å². The maximum atomic E-state index is 14.1. The molecule has 304 valence electrons. The molecule has 3 aliphatic rings. The van der Waals surface area contributed by atoms with E-state index >= 15 is 0 Å². The summed E-state index contributed by atoms with van der Waals surface area (Å²) in [5, 5.41) is 35.4. The number of thioether (sulfide) groups is 1. The SMILES string of the molecule is C=CCO[C@@]12Oc3ccc(Oc4ccc(SC)cc4)cc3[C@H]3[C@H](CCCCO)[C@@H](CCCCO)C=C(C(=NOC)C[C@@H]1N(C)C(=O)Oc1ccc([N+](=O)[O-])cc1)[C@H]32. The van der Waals surface area contributed by atoms with Gasteiger partial charge in [-0.3, -0.25) is 10.1 Å². The minimum Gasteiger partial charge on any atom is -0.459 e. The van der Waals surface area contributed by atoms with Crippen LogP contribution in [0.3, 0.4) is 0 Å². The number of amides is 1. The van der Waals surface area contributed by atoms with Gasteiger partial charge in [-0.2, -0.15) is 0 Å². The zero-order valence-electron chi connectivity index (χ0n) is 32.6. The Morgan fingerprint density at radius 1 is 1.04 bits per heavy atom. The van der Waals surface area contributed by atoms with Crippen LogP contribution in [0.2, 0.25) is 0 Å². The lowest BCUT2D eigenvalue weighted by Gasteiger charge is -2.59. The van der Waals surface area contributed by atoms with E-state index in [1.54, 1.807) is 24.9 Å². The Hall–Kier alpha value is -4.89. The second-order valence-electron chi connectivity index (χ2n) is 14.5. The smallest absolute Gasteiger partial charge is 0.415 e. The molecule has 2 aliphatic carbocycles. The summed E-state index contributed by atoms with van der Waals surface area (Å²) < 4.78 is 26.2. The number of unbranched alkanes of at least 4 members (excludes halogenated alkanes) is 2. The molecular formula is C43H51N3O10S. The summed E-state index contributed by atoms with van der Waals surface area (Å²) >= 11 is 1.65. The number of allylic oxidation sites excluding steroid dienone is 1. The highest BCUT2D eigenvalue weighted by Crippen LogP contribution is 2.62. The average molecular weight is 802 g/mol. The largest absolute Gasteiger partial charge is 0.459 e. The lowest BCUT2D eigenvalue weighted by Crippen LogP contribution is -2.69. The molecule has 1 aliphatic heterocycles. The number of carbonyl (C=O) groups excluding carboxylic acids is 1. The monoisotopic (exact) mass is 801 g/mol. The number of nitrogens with zero attached hydrogens (tertiary/aromatic N) is 3. The van der Waals surface area contributed by atoms with Crippen molar-refractivity contribution < 1.29 is 43.7 Å². The van der Waals surface area contributed by atoms with Crippen LogP contribution in [0.5, 0.6) is 23.0 Å². The van der Waals surface area contributed by atoms with Crippen LogP contribution < -0.4 is 14.2 Å². The van der Waals surface area contributed by atoms with Gasteiger partial charge in [0.2, 0.25) is 5.79 Å². The summed E-state index contributed by atoms with van der Waals surface area (Å²) in [5.41, 5.74) is 2.34. The van der Waals surface area contributed by atoms with Crippen molar-refractivity contribution in [1.82, 2.24) is 4.90 Å². The van der Waals surface area contributed by atoms with Crippen molar-refractivity contribution in [3.05, 3.63) is 107 Å². The Morgan fingerprint density at radius 2 is 1.72 bits per heavy atom. The van der Waals surface area contributed by atoms with E-state index < -0.39 is 28.8 Å². The number of rotatable bonds is 18. The number of oxime groups is 1. The number of hydrogen-bond acceptors (Lipinski definition) is 12. The Labute approximate surface area is 337 Å². The Balaban J connectivity index is 1.50. The van der Waals surface area contributed by atoms with E-state index in [-0.39, 0.29) is 55.4 Å². The molecule has 13 nitrogen and oxygen atoms in total. The molecule has 6 atom stereocenters. The number of nitro benzene ring substituents is 1. The van der Waals surface area contributed by atoms with Crippen LogP contribution in [0.25, 0.3) is 0 Å². The average Bonchev–Trinajstić information content (AvgIpc) is 3.22. The number of ether oxygens (including phenoxy) is 4. The van der Waals surface area contributed by atoms with Crippen LogP contribution in [-0.2, 0) is 9.57 Å². The van der Waals surface area contributed by atoms with Gasteiger partial charge in [-0.25, -0.2) is 4.79 Å². The maximum absolute atomic E-state index is 14.1. The van der Waals surface area contributed by atoms with Crippen LogP contribution in [-0.4, -0.2) is 83.9 Å². The van der Waals surface area contributed by atoms with Crippen LogP contribution in [0.15, 0.2) is 101 Å². The topological polar surface area (TPSA) is 162 Å². The molecule has 3 aromatic carbocycles. The van der Waals surface area contributed by atoms with Crippen LogP contribution in [0, 0.1) is 27.9 Å². The van der Waals surface area contributed by atoms with Crippen molar-refractivity contribution in [3.63, 3.8) is 0 Å². The molecule has 6 rings (SSSR count). The van der Waals surface area contributed by atoms with Gasteiger partial charge in [-0.05, 0) is 104 Å². The van der Waals surface area contributed by atoms with E-state index in [9.17, 15) is 25.1 Å². The first-order chi connectivity index (χ1) is 27.7. The fraction of sp³-hybridized carbons (Fsp3) is 0.442. The summed E-state index contributed by atoms with van der Waals surface area (Å²) in [7, 11) is 3.10. The highest BCUT2D eigenvalue weighted by Gasteiger charge is 2.65. The molecule has 0 unspecified atom stereocenters. The summed E-state index contributed by atoms with van der Waals surface area (Å²) in [5.74, 6) is -0.0412. The van der Waals surface area contributed by atoms with Gasteiger partial charge in [0.15, 0.2) is 0 Å². The number of benzene rings is 3. The van der Waals surface area contributed by atoms with E-state index in [4.69, 9.17) is 23.8 Å². The highest BCUT2D eigenvalue weighted by molar-refractivity contribution is 7.98. The number of non-ortho nitro benzene ring substituents is 1. The number of hydrogen-bond donors (Lipinski definition) is 2. The molecule has 1 amide bonds. The summed E-state index contributed by atoms with van der Waals surface area (Å²) in [6.07, 6.45) is 9.90. The standard InChI is InChI=1S/C43H51N3O10S/c1-5-24-53-43-39(45(2)42(49)55-31-14-12-29(13-15-31)46(50)51)27-37(44-52-3)35-25-28(10-6-8-22-47)34(11-7-9-23-48)40(41(35)43)36-26-32(18-21-38(36)56-43)54-30-16-19-33(57-4)20-17-30/h5,12-21,25-26,28,34,39-41,47-48H,1,6-11,22-24,27H2,2-4H3/t28-,34+,39-,40+,41+,43+/m0/s1. The van der Waals surface area contributed by atoms with Gasteiger partial charge in [-0.1, -0.05) is 30.1 Å². The van der Waals surface area contributed by atoms with Crippen LogP contribution in [0.4, 0.5) is 10.5 Å². The number of nitro groups is 1. The van der Waals surface area contributed by atoms with Crippen molar-refractivity contribution in [2.45, 2.75) is 67.6 Å². The molecule has 0 aromatic heterocycles. The van der Waals surface area contributed by atoms with Gasteiger partial charge in [0.05, 0.1) is 23.2 Å². The third-order valence-corrected chi connectivity index (χ3v) is 11.9. The van der Waals surface area contributed by atoms with E-state index in [1.165, 1.54) is 36.3 Å². The molecular weight excluding hydrogens is 751 g/mol. The molecule has 1 saturated carbocycles. The van der Waals surface area contributed by atoms with E-state index in [0.29, 0.717) is 35.8 Å². The first-order valence-corrected chi connectivity index (χ1v) is 20.5. The highest BCUT2D eigenvalue weighted by atomic mass is 32.2. The summed E-state index contributed by atoms with van der Waals surface area (Å²) in [6, 6.07) is 18.2. The molecule has 0 spiro atoms. The van der Waals surface area contributed by atoms with Crippen molar-refractivity contribution in [1.29, 1.82) is 0 Å². The molecule has 1 fully saturated rings. The number of carbonyl (C=O) groups is 1. The molecule has 14 heteroatoms. The molecule has 1 heterocycles. The predicted octanol–water partition coefficient (Wildman–Crippen LogP) is 8.50. The maximum Gasteiger partial charge on any atom is 0.415 e. The van der Waals surface area contributed by atoms with Gasteiger partial charge in [-0.15, -0.1) is 18.3 Å². The van der Waals surface area contributed by atoms with Gasteiger partial charge in [0.25, 0.3) is 5.69 Å². The Morgan fingerprint density at radius 3 is 2.37 bits per heavy atom. The first-order valence-electron chi connectivity index (χ1n) is 19.3. The van der Waals surface area contributed by atoms with Gasteiger partial charge >= 0.3 is 6.09 Å². The fourth-order valence-electron chi connectivity index (χ4n) is 8.62. The molecule has 57 heavy (non-hydrogen) atoms. The minimum absolute atomic E-state index is 0.0365. The summed E-state index contributed by atoms with van der Waals surface area (Å²) in [6.45, 7) is 4.22. The van der Waals surface area contributed by atoms with Crippen LogP contribution >= 0.6 is 11.8 Å². The molecule has 0 saturated heterocycles. The number of aliphatic hydroxyl groups is 2. The third-order valence-electron chi connectivity index (χ3n) is 11.1. The number of fused-ring (bicyclic) bond motifs is 2. The quantitative estimate of drug-likeness (QED) is 0.0417. The van der Waals surface area contributed by atoms with Crippen LogP contribution in [0.1, 0.15) is 56.4 Å². The predicted molar refractivity (Wildman–Crippen MR) is 217 cm³/mol. The van der Waals surface area contributed by atoms with Gasteiger partial charge in [0.1, 0.15) is 36.1 Å². The zero-order valence-corrected chi connectivity index (χ0v) is 33.4. The number of aliphatic hydroxyl groups excluding tert-OH is 2. The van der Waals surface area contributed by atoms with E-state index in [0.717, 1.165) is 41.7 Å². The first kappa shape index (κ1) is 41.7. The normalized spacial score (nSPS) is 24.0. The Bertz CT molecular complexity index is 1940. The summed E-state index contributed by atoms with van der Waals surface area (Å²) in [4.78, 5) is 32.8. The fourth-order valence-corrected chi connectivity index (χ4v) is 9.03. The second kappa shape index (κ2) is 19.0. The second-order valence-corrected chi connectivity index (χ2v) is 15.3. The minimum atomic E-state index is -1.46. The van der Waals surface area contributed by atoms with Gasteiger partial charge in [0, 0.05) is 55.2 Å². The molecule has 2 N–H and O–H groups in total. The lowest BCUT2D eigenvalue weighted by atomic mass is 9.55. The van der Waals surface area contributed by atoms with Crippen molar-refractivity contribution >= 4 is 29.3 Å². The Kier molecular flexibility index (Phi) is 13.9. The molecule has 0 radical (unpaired) electrons. The van der Waals surface area contributed by atoms with Crippen molar-refractivity contribution in [2.75, 3.05) is 40.2 Å². The van der Waals surface area contributed by atoms with Crippen molar-refractivity contribution in [3.8, 4) is 23.0 Å². The van der Waals surface area contributed by atoms with Crippen molar-refractivity contribution in [2.24, 2.45) is 22.9 Å². The lowest BCUT2D eigenvalue weighted by molar-refractivity contribution is -0.384. The van der Waals surface area contributed by atoms with Gasteiger partial charge < -0.3 is 38.9 Å². The zero-order chi connectivity index (χ0) is 40.5. The number of likely N-dealkylation sites (N-methyl/N-ethyl adjacent to an activating group) is 1. The molecule has 0 bridgehead atoms. The third kappa shape index (κ3) is 8.99.